The molecule has 0 saturated heterocycles. The third-order valence-corrected chi connectivity index (χ3v) is 6.84. The van der Waals surface area contributed by atoms with Crippen molar-refractivity contribution in [2.24, 2.45) is 0 Å². The summed E-state index contributed by atoms with van der Waals surface area (Å²) in [5, 5.41) is 3.62. The first-order valence-electron chi connectivity index (χ1n) is 9.96. The van der Waals surface area contributed by atoms with Crippen LogP contribution in [0.15, 0.2) is 40.3 Å². The Labute approximate surface area is 194 Å². The normalized spacial score (nSPS) is 11.8. The molecule has 8 nitrogen and oxygen atoms in total. The van der Waals surface area contributed by atoms with E-state index in [9.17, 15) is 14.4 Å². The first-order chi connectivity index (χ1) is 15.2. The van der Waals surface area contributed by atoms with Crippen molar-refractivity contribution in [3.63, 3.8) is 0 Å². The molecule has 0 fully saturated rings. The number of amides is 2. The van der Waals surface area contributed by atoms with E-state index in [0.717, 1.165) is 16.9 Å². The Bertz CT molecular complexity index is 1190. The largest absolute Gasteiger partial charge is 0.344 e. The monoisotopic (exact) mass is 471 g/mol. The molecule has 0 spiro atoms. The van der Waals surface area contributed by atoms with Crippen molar-refractivity contribution in [2.75, 3.05) is 19.4 Å². The summed E-state index contributed by atoms with van der Waals surface area (Å²) >= 11 is 2.56. The average molecular weight is 472 g/mol. The Balaban J connectivity index is 1.70. The van der Waals surface area contributed by atoms with Gasteiger partial charge in [0.25, 0.3) is 11.5 Å². The number of carbonyl (C=O) groups excluding carboxylic acids is 2. The minimum atomic E-state index is -0.393. The van der Waals surface area contributed by atoms with Crippen molar-refractivity contribution in [2.45, 2.75) is 37.6 Å². The van der Waals surface area contributed by atoms with E-state index >= 15 is 0 Å². The number of thioether (sulfide) groups is 1. The Kier molecular flexibility index (Phi) is 7.47. The summed E-state index contributed by atoms with van der Waals surface area (Å²) in [5.41, 5.74) is 2.15. The number of aryl methyl sites for hydroxylation is 2. The molecule has 3 rings (SSSR count). The van der Waals surface area contributed by atoms with Crippen molar-refractivity contribution in [3.8, 4) is 0 Å². The molecule has 0 aliphatic heterocycles. The summed E-state index contributed by atoms with van der Waals surface area (Å²) in [6, 6.07) is 9.95. The predicted octanol–water partition coefficient (Wildman–Crippen LogP) is 3.58. The fraction of sp³-hybridized carbons (Fsp3) is 0.318. The van der Waals surface area contributed by atoms with Gasteiger partial charge in [0.15, 0.2) is 10.3 Å². The summed E-state index contributed by atoms with van der Waals surface area (Å²) in [6.07, 6.45) is -0.136. The van der Waals surface area contributed by atoms with Gasteiger partial charge in [0.1, 0.15) is 4.88 Å². The molecular weight excluding hydrogens is 446 g/mol. The van der Waals surface area contributed by atoms with Gasteiger partial charge < -0.3 is 15.2 Å². The smallest absolute Gasteiger partial charge is 0.265 e. The zero-order chi connectivity index (χ0) is 23.4. The molecule has 1 atom stereocenters. The second kappa shape index (κ2) is 10.1. The molecule has 2 aromatic heterocycles. The number of rotatable bonds is 7. The van der Waals surface area contributed by atoms with Crippen LogP contribution in [-0.2, 0) is 11.2 Å². The summed E-state index contributed by atoms with van der Waals surface area (Å²) in [4.78, 5) is 50.8. The molecule has 2 N–H and O–H groups in total. The van der Waals surface area contributed by atoms with Gasteiger partial charge in [0.2, 0.25) is 5.91 Å². The van der Waals surface area contributed by atoms with E-state index in [0.29, 0.717) is 32.1 Å². The van der Waals surface area contributed by atoms with Crippen molar-refractivity contribution in [3.05, 3.63) is 68.1 Å². The van der Waals surface area contributed by atoms with Crippen molar-refractivity contribution >= 4 is 40.0 Å². The highest BCUT2D eigenvalue weighted by atomic mass is 32.2. The predicted molar refractivity (Wildman–Crippen MR) is 128 cm³/mol. The lowest BCUT2D eigenvalue weighted by atomic mass is 10.1. The van der Waals surface area contributed by atoms with E-state index in [4.69, 9.17) is 0 Å². The maximum Gasteiger partial charge on any atom is 0.265 e. The van der Waals surface area contributed by atoms with Crippen LogP contribution in [0.25, 0.3) is 0 Å². The summed E-state index contributed by atoms with van der Waals surface area (Å²) in [5.74, 6) is -0.564. The van der Waals surface area contributed by atoms with Crippen LogP contribution in [0, 0.1) is 13.8 Å². The minimum absolute atomic E-state index is 0.111. The van der Waals surface area contributed by atoms with Crippen LogP contribution in [0.5, 0.6) is 0 Å². The van der Waals surface area contributed by atoms with Crippen LogP contribution in [0.4, 0.5) is 5.13 Å². The first-order valence-corrected chi connectivity index (χ1v) is 11.7. The van der Waals surface area contributed by atoms with Crippen LogP contribution in [0.3, 0.4) is 0 Å². The SMILES string of the molecule is Cc1nc(NC(=O)Cc2c(C)nc(SC(C)c3ccccc3)[nH]c2=O)sc1C(=O)N(C)C. The van der Waals surface area contributed by atoms with Gasteiger partial charge in [-0.1, -0.05) is 53.4 Å². The summed E-state index contributed by atoms with van der Waals surface area (Å²) in [6.45, 7) is 5.48. The van der Waals surface area contributed by atoms with Crippen molar-refractivity contribution in [1.29, 1.82) is 0 Å². The van der Waals surface area contributed by atoms with Gasteiger partial charge in [-0.2, -0.15) is 0 Å². The van der Waals surface area contributed by atoms with Gasteiger partial charge >= 0.3 is 0 Å². The number of hydrogen-bond acceptors (Lipinski definition) is 7. The van der Waals surface area contributed by atoms with E-state index in [1.165, 1.54) is 16.7 Å². The Morgan fingerprint density at radius 2 is 1.84 bits per heavy atom. The lowest BCUT2D eigenvalue weighted by Gasteiger charge is -2.12. The fourth-order valence-electron chi connectivity index (χ4n) is 2.98. The molecule has 1 aromatic carbocycles. The Hall–Kier alpha value is -2.98. The third-order valence-electron chi connectivity index (χ3n) is 4.74. The van der Waals surface area contributed by atoms with Gasteiger partial charge in [-0.25, -0.2) is 9.97 Å². The van der Waals surface area contributed by atoms with E-state index in [1.54, 1.807) is 27.9 Å². The quantitative estimate of drug-likeness (QED) is 0.403. The minimum Gasteiger partial charge on any atom is -0.344 e. The number of H-pyrrole nitrogens is 1. The average Bonchev–Trinajstić information content (AvgIpc) is 3.10. The van der Waals surface area contributed by atoms with Gasteiger partial charge in [-0.3, -0.25) is 14.4 Å². The number of thiazole rings is 1. The molecule has 0 radical (unpaired) electrons. The Morgan fingerprint density at radius 3 is 2.47 bits per heavy atom. The van der Waals surface area contributed by atoms with Crippen LogP contribution in [-0.4, -0.2) is 45.8 Å². The number of aromatic amines is 1. The number of anilines is 1. The number of benzene rings is 1. The van der Waals surface area contributed by atoms with Gasteiger partial charge in [0.05, 0.1) is 12.1 Å². The first kappa shape index (κ1) is 23.7. The van der Waals surface area contributed by atoms with Crippen molar-refractivity contribution < 1.29 is 9.59 Å². The highest BCUT2D eigenvalue weighted by Gasteiger charge is 2.19. The Morgan fingerprint density at radius 1 is 1.16 bits per heavy atom. The maximum atomic E-state index is 12.6. The molecule has 10 heteroatoms. The zero-order valence-electron chi connectivity index (χ0n) is 18.6. The second-order valence-corrected chi connectivity index (χ2v) is 9.79. The van der Waals surface area contributed by atoms with Crippen molar-refractivity contribution in [1.82, 2.24) is 19.9 Å². The molecule has 32 heavy (non-hydrogen) atoms. The maximum absolute atomic E-state index is 12.6. The topological polar surface area (TPSA) is 108 Å². The van der Waals surface area contributed by atoms with Gasteiger partial charge in [-0.05, 0) is 26.3 Å². The molecule has 2 amide bonds. The number of carbonyl (C=O) groups is 2. The van der Waals surface area contributed by atoms with Crippen LogP contribution < -0.4 is 10.9 Å². The fourth-order valence-corrected chi connectivity index (χ4v) is 4.96. The van der Waals surface area contributed by atoms with Gasteiger partial charge in [-0.15, -0.1) is 0 Å². The number of hydrogen-bond donors (Lipinski definition) is 2. The molecule has 2 heterocycles. The van der Waals surface area contributed by atoms with E-state index in [-0.39, 0.29) is 23.1 Å². The molecule has 0 saturated carbocycles. The molecule has 0 aliphatic carbocycles. The molecule has 1 unspecified atom stereocenters. The lowest BCUT2D eigenvalue weighted by Crippen LogP contribution is -2.23. The molecule has 168 valence electrons. The number of nitrogens with zero attached hydrogens (tertiary/aromatic N) is 3. The number of nitrogens with one attached hydrogen (secondary N) is 2. The second-order valence-electron chi connectivity index (χ2n) is 7.46. The molecule has 3 aromatic rings. The third kappa shape index (κ3) is 5.63. The zero-order valence-corrected chi connectivity index (χ0v) is 20.2. The molecular formula is C22H25N5O3S2. The van der Waals surface area contributed by atoms with Crippen LogP contribution >= 0.6 is 23.1 Å². The highest BCUT2D eigenvalue weighted by molar-refractivity contribution is 7.99. The lowest BCUT2D eigenvalue weighted by molar-refractivity contribution is -0.115. The van der Waals surface area contributed by atoms with Gasteiger partial charge in [0, 0.05) is 30.6 Å². The van der Waals surface area contributed by atoms with Crippen LogP contribution in [0.1, 0.15) is 44.4 Å². The van der Waals surface area contributed by atoms with Crippen LogP contribution in [0.2, 0.25) is 0 Å². The highest BCUT2D eigenvalue weighted by Crippen LogP contribution is 2.32. The van der Waals surface area contributed by atoms with E-state index in [1.807, 2.05) is 37.3 Å². The summed E-state index contributed by atoms with van der Waals surface area (Å²) < 4.78 is 0. The van der Waals surface area contributed by atoms with E-state index in [2.05, 4.69) is 20.3 Å². The molecule has 0 bridgehead atoms. The summed E-state index contributed by atoms with van der Waals surface area (Å²) in [7, 11) is 3.31. The number of aromatic nitrogens is 3. The standard InChI is InChI=1S/C22H25N5O3S2/c1-12-16(11-17(28)25-21-24-13(2)18(32-21)20(30)27(4)5)19(29)26-22(23-12)31-14(3)15-9-7-6-8-10-15/h6-10,14H,11H2,1-5H3,(H,23,26,29)(H,24,25,28). The van der Waals surface area contributed by atoms with E-state index < -0.39 is 5.91 Å². The molecule has 0 aliphatic rings.